The minimum atomic E-state index is -3.75. The fraction of sp³-hybridized carbons (Fsp3) is 0.167. The number of nitrogens with zero attached hydrogens (tertiary/aromatic N) is 1. The lowest BCUT2D eigenvalue weighted by Crippen LogP contribution is -2.11. The zero-order valence-electron chi connectivity index (χ0n) is 10.7. The average molecular weight is 295 g/mol. The maximum absolute atomic E-state index is 11.3. The zero-order valence-corrected chi connectivity index (χ0v) is 11.5. The topological polar surface area (TPSA) is 122 Å². The molecule has 0 saturated carbocycles. The fourth-order valence-electron chi connectivity index (χ4n) is 1.24. The molecule has 0 radical (unpaired) electrons. The zero-order chi connectivity index (χ0) is 15.2. The summed E-state index contributed by atoms with van der Waals surface area (Å²) in [5.41, 5.74) is 0.303. The molecular weight excluding hydrogens is 282 g/mol. The number of rotatable bonds is 5. The van der Waals surface area contributed by atoms with E-state index in [9.17, 15) is 13.2 Å². The number of carbonyl (C=O) groups is 1. The molecule has 1 aromatic rings. The predicted octanol–water partition coefficient (Wildman–Crippen LogP) is 0.716. The van der Waals surface area contributed by atoms with Crippen LogP contribution in [0, 0.1) is 11.3 Å². The minimum Gasteiger partial charge on any atom is -0.462 e. The van der Waals surface area contributed by atoms with Crippen molar-refractivity contribution in [3.8, 4) is 6.07 Å². The maximum atomic E-state index is 11.3. The molecule has 0 amide bonds. The van der Waals surface area contributed by atoms with Crippen LogP contribution in [0.2, 0.25) is 0 Å². The van der Waals surface area contributed by atoms with Crippen molar-refractivity contribution in [3.05, 3.63) is 36.0 Å². The molecule has 0 spiro atoms. The molecule has 0 atom stereocenters. The van der Waals surface area contributed by atoms with Gasteiger partial charge in [0.2, 0.25) is 10.0 Å². The third-order valence-corrected chi connectivity index (χ3v) is 3.11. The van der Waals surface area contributed by atoms with E-state index in [2.05, 4.69) is 10.1 Å². The van der Waals surface area contributed by atoms with Crippen molar-refractivity contribution in [2.75, 3.05) is 11.9 Å². The molecule has 0 aliphatic heterocycles. The van der Waals surface area contributed by atoms with Gasteiger partial charge in [0, 0.05) is 11.9 Å². The lowest BCUT2D eigenvalue weighted by atomic mass is 10.3. The van der Waals surface area contributed by atoms with Crippen LogP contribution in [0.1, 0.15) is 6.92 Å². The van der Waals surface area contributed by atoms with E-state index in [4.69, 9.17) is 10.4 Å². The van der Waals surface area contributed by atoms with E-state index in [-0.39, 0.29) is 17.1 Å². The number of carbonyl (C=O) groups excluding carboxylic acids is 1. The Morgan fingerprint density at radius 1 is 1.45 bits per heavy atom. The molecule has 0 aliphatic carbocycles. The quantitative estimate of drug-likeness (QED) is 0.468. The molecule has 1 rings (SSSR count). The van der Waals surface area contributed by atoms with E-state index in [1.54, 1.807) is 13.0 Å². The molecule has 0 fully saturated rings. The van der Waals surface area contributed by atoms with E-state index in [1.165, 1.54) is 30.5 Å². The Balaban J connectivity index is 2.84. The molecule has 0 bridgehead atoms. The molecule has 0 unspecified atom stereocenters. The Labute approximate surface area is 116 Å². The first-order valence-corrected chi connectivity index (χ1v) is 7.10. The second-order valence-corrected chi connectivity index (χ2v) is 5.17. The van der Waals surface area contributed by atoms with Gasteiger partial charge in [0.05, 0.1) is 11.5 Å². The van der Waals surface area contributed by atoms with Crippen LogP contribution in [0.5, 0.6) is 0 Å². The Morgan fingerprint density at radius 3 is 2.50 bits per heavy atom. The number of ether oxygens (including phenoxy) is 1. The van der Waals surface area contributed by atoms with Gasteiger partial charge in [-0.25, -0.2) is 18.4 Å². The van der Waals surface area contributed by atoms with Crippen molar-refractivity contribution in [2.45, 2.75) is 11.8 Å². The first kappa shape index (κ1) is 15.7. The van der Waals surface area contributed by atoms with Gasteiger partial charge in [0.1, 0.15) is 6.07 Å². The van der Waals surface area contributed by atoms with Gasteiger partial charge in [-0.1, -0.05) is 0 Å². The number of esters is 1. The maximum Gasteiger partial charge on any atom is 0.350 e. The molecule has 7 nitrogen and oxygen atoms in total. The highest BCUT2D eigenvalue weighted by Gasteiger charge is 2.09. The van der Waals surface area contributed by atoms with Crippen LogP contribution in [0.15, 0.2) is 40.9 Å². The van der Waals surface area contributed by atoms with Gasteiger partial charge >= 0.3 is 5.97 Å². The van der Waals surface area contributed by atoms with Gasteiger partial charge in [-0.2, -0.15) is 5.26 Å². The smallest absolute Gasteiger partial charge is 0.350 e. The molecule has 0 saturated heterocycles. The molecule has 20 heavy (non-hydrogen) atoms. The summed E-state index contributed by atoms with van der Waals surface area (Å²) in [4.78, 5) is 11.3. The van der Waals surface area contributed by atoms with Gasteiger partial charge in [0.15, 0.2) is 5.57 Å². The second-order valence-electron chi connectivity index (χ2n) is 3.60. The highest BCUT2D eigenvalue weighted by atomic mass is 32.2. The highest BCUT2D eigenvalue weighted by Crippen LogP contribution is 2.13. The SMILES string of the molecule is CCOC(=O)/C(C#N)=C\Nc1ccc(S(N)(=O)=O)cc1. The number of nitriles is 1. The van der Waals surface area contributed by atoms with Crippen molar-refractivity contribution in [3.63, 3.8) is 0 Å². The number of hydrogen-bond donors (Lipinski definition) is 2. The van der Waals surface area contributed by atoms with Crippen LogP contribution in [0.25, 0.3) is 0 Å². The van der Waals surface area contributed by atoms with Crippen LogP contribution in [-0.2, 0) is 19.6 Å². The number of primary sulfonamides is 1. The summed E-state index contributed by atoms with van der Waals surface area (Å²) in [5.74, 6) is -0.733. The van der Waals surface area contributed by atoms with Crippen molar-refractivity contribution >= 4 is 21.7 Å². The predicted molar refractivity (Wildman–Crippen MR) is 71.8 cm³/mol. The Bertz CT molecular complexity index is 657. The van der Waals surface area contributed by atoms with Crippen LogP contribution in [0.3, 0.4) is 0 Å². The molecule has 0 aromatic heterocycles. The molecular formula is C12H13N3O4S. The van der Waals surface area contributed by atoms with Crippen molar-refractivity contribution < 1.29 is 17.9 Å². The third kappa shape index (κ3) is 4.38. The first-order chi connectivity index (χ1) is 9.38. The number of nitrogens with two attached hydrogens (primary N) is 1. The van der Waals surface area contributed by atoms with Gasteiger partial charge in [-0.05, 0) is 31.2 Å². The Hall–Kier alpha value is -2.37. The normalized spacial score (nSPS) is 11.6. The van der Waals surface area contributed by atoms with Crippen LogP contribution >= 0.6 is 0 Å². The van der Waals surface area contributed by atoms with E-state index >= 15 is 0 Å². The highest BCUT2D eigenvalue weighted by molar-refractivity contribution is 7.89. The molecule has 0 heterocycles. The Kier molecular flexibility index (Phi) is 5.25. The summed E-state index contributed by atoms with van der Waals surface area (Å²) in [6.07, 6.45) is 1.18. The van der Waals surface area contributed by atoms with Crippen molar-refractivity contribution in [1.82, 2.24) is 0 Å². The van der Waals surface area contributed by atoms with E-state index < -0.39 is 16.0 Å². The standard InChI is InChI=1S/C12H13N3O4S/c1-2-19-12(16)9(7-13)8-15-10-3-5-11(6-4-10)20(14,17)18/h3-6,8,15H,2H2,1H3,(H2,14,17,18)/b9-8-. The lowest BCUT2D eigenvalue weighted by Gasteiger charge is -2.04. The molecule has 8 heteroatoms. The number of anilines is 1. The van der Waals surface area contributed by atoms with E-state index in [0.717, 1.165) is 0 Å². The van der Waals surface area contributed by atoms with Gasteiger partial charge in [-0.15, -0.1) is 0 Å². The van der Waals surface area contributed by atoms with Crippen LogP contribution in [0.4, 0.5) is 5.69 Å². The summed E-state index contributed by atoms with van der Waals surface area (Å²) < 4.78 is 26.8. The van der Waals surface area contributed by atoms with Gasteiger partial charge in [0.25, 0.3) is 0 Å². The van der Waals surface area contributed by atoms with Crippen molar-refractivity contribution in [2.24, 2.45) is 5.14 Å². The van der Waals surface area contributed by atoms with Crippen LogP contribution < -0.4 is 10.5 Å². The minimum absolute atomic E-state index is 0.0297. The van der Waals surface area contributed by atoms with Crippen LogP contribution in [-0.4, -0.2) is 21.0 Å². The number of benzene rings is 1. The van der Waals surface area contributed by atoms with Gasteiger partial charge in [-0.3, -0.25) is 0 Å². The molecule has 106 valence electrons. The number of hydrogen-bond acceptors (Lipinski definition) is 6. The molecule has 1 aromatic carbocycles. The third-order valence-electron chi connectivity index (χ3n) is 2.18. The fourth-order valence-corrected chi connectivity index (χ4v) is 1.76. The summed E-state index contributed by atoms with van der Waals surface area (Å²) >= 11 is 0. The first-order valence-electron chi connectivity index (χ1n) is 5.55. The summed E-state index contributed by atoms with van der Waals surface area (Å²) in [7, 11) is -3.75. The lowest BCUT2D eigenvalue weighted by molar-refractivity contribution is -0.138. The second kappa shape index (κ2) is 6.70. The van der Waals surface area contributed by atoms with E-state index in [0.29, 0.717) is 5.69 Å². The summed E-state index contributed by atoms with van der Waals surface area (Å²) in [5, 5.41) is 16.4. The van der Waals surface area contributed by atoms with Gasteiger partial charge < -0.3 is 10.1 Å². The number of sulfonamides is 1. The van der Waals surface area contributed by atoms with Crippen molar-refractivity contribution in [1.29, 1.82) is 5.26 Å². The van der Waals surface area contributed by atoms with E-state index in [1.807, 2.05) is 0 Å². The average Bonchev–Trinajstić information content (AvgIpc) is 2.39. The number of nitrogens with one attached hydrogen (secondary N) is 1. The molecule has 0 aliphatic rings. The largest absolute Gasteiger partial charge is 0.462 e. The molecule has 3 N–H and O–H groups in total. The summed E-state index contributed by atoms with van der Waals surface area (Å²) in [6, 6.07) is 7.23. The Morgan fingerprint density at radius 2 is 2.05 bits per heavy atom. The monoisotopic (exact) mass is 295 g/mol. The summed E-state index contributed by atoms with van der Waals surface area (Å²) in [6.45, 7) is 1.80.